The van der Waals surface area contributed by atoms with Crippen LogP contribution in [0.5, 0.6) is 0 Å². The highest BCUT2D eigenvalue weighted by Gasteiger charge is 2.03. The molecule has 1 aromatic heterocycles. The summed E-state index contributed by atoms with van der Waals surface area (Å²) in [7, 11) is 0. The monoisotopic (exact) mass is 247 g/mol. The molecule has 0 bridgehead atoms. The molecule has 0 radical (unpaired) electrons. The number of nitrogens with zero attached hydrogens (tertiary/aromatic N) is 1. The quantitative estimate of drug-likeness (QED) is 0.464. The Morgan fingerprint density at radius 3 is 2.81 bits per heavy atom. The molecule has 2 nitrogen and oxygen atoms in total. The van der Waals surface area contributed by atoms with E-state index in [9.17, 15) is 4.79 Å². The molecule has 80 valence electrons. The van der Waals surface area contributed by atoms with Crippen LogP contribution in [0.3, 0.4) is 0 Å². The standard InChI is InChI=1S/C12H9NOS2/c14-9-13-11-7-15-8-12(11)16-6-10-4-2-1-3-5-10/h1-5,7-8H,6H2. The van der Waals surface area contributed by atoms with Crippen LogP contribution in [0.15, 0.2) is 51.0 Å². The smallest absolute Gasteiger partial charge is 0.211 e. The van der Waals surface area contributed by atoms with Gasteiger partial charge in [0.2, 0.25) is 6.08 Å². The lowest BCUT2D eigenvalue weighted by atomic mass is 10.2. The first kappa shape index (κ1) is 11.1. The van der Waals surface area contributed by atoms with Gasteiger partial charge in [0.15, 0.2) is 0 Å². The van der Waals surface area contributed by atoms with E-state index in [-0.39, 0.29) is 0 Å². The summed E-state index contributed by atoms with van der Waals surface area (Å²) in [6.45, 7) is 0. The summed E-state index contributed by atoms with van der Waals surface area (Å²) in [6, 6.07) is 10.2. The highest BCUT2D eigenvalue weighted by molar-refractivity contribution is 7.98. The number of hydrogen-bond donors (Lipinski definition) is 0. The Labute approximate surface area is 102 Å². The van der Waals surface area contributed by atoms with Gasteiger partial charge in [0, 0.05) is 21.4 Å². The summed E-state index contributed by atoms with van der Waals surface area (Å²) < 4.78 is 0. The number of benzene rings is 1. The van der Waals surface area contributed by atoms with Crippen molar-refractivity contribution >= 4 is 34.9 Å². The maximum absolute atomic E-state index is 10.2. The Balaban J connectivity index is 2.05. The second kappa shape index (κ2) is 5.66. The largest absolute Gasteiger partial charge is 0.240 e. The van der Waals surface area contributed by atoms with Crippen molar-refractivity contribution in [3.05, 3.63) is 46.7 Å². The highest BCUT2D eigenvalue weighted by atomic mass is 32.2. The molecular weight excluding hydrogens is 238 g/mol. The summed E-state index contributed by atoms with van der Waals surface area (Å²) in [5.41, 5.74) is 1.99. The molecule has 0 aliphatic carbocycles. The van der Waals surface area contributed by atoms with E-state index in [0.29, 0.717) is 0 Å². The molecule has 0 spiro atoms. The van der Waals surface area contributed by atoms with Gasteiger partial charge < -0.3 is 0 Å². The topological polar surface area (TPSA) is 29.4 Å². The number of isocyanates is 1. The molecule has 0 unspecified atom stereocenters. The van der Waals surface area contributed by atoms with Crippen LogP contribution in [0.25, 0.3) is 0 Å². The second-order valence-corrected chi connectivity index (χ2v) is 4.86. The van der Waals surface area contributed by atoms with Crippen LogP contribution in [0.4, 0.5) is 5.69 Å². The third-order valence-electron chi connectivity index (χ3n) is 2.01. The van der Waals surface area contributed by atoms with Crippen LogP contribution in [0, 0.1) is 0 Å². The zero-order valence-electron chi connectivity index (χ0n) is 8.42. The number of thiophene rings is 1. The fourth-order valence-electron chi connectivity index (χ4n) is 1.25. The minimum Gasteiger partial charge on any atom is -0.211 e. The zero-order valence-corrected chi connectivity index (χ0v) is 10.1. The van der Waals surface area contributed by atoms with Crippen molar-refractivity contribution in [1.82, 2.24) is 0 Å². The maximum atomic E-state index is 10.2. The normalized spacial score (nSPS) is 9.75. The van der Waals surface area contributed by atoms with Gasteiger partial charge in [0.25, 0.3) is 0 Å². The van der Waals surface area contributed by atoms with Gasteiger partial charge in [0.05, 0.1) is 0 Å². The molecule has 2 aromatic rings. The highest BCUT2D eigenvalue weighted by Crippen LogP contribution is 2.34. The van der Waals surface area contributed by atoms with E-state index in [1.165, 1.54) is 5.56 Å². The molecule has 0 saturated heterocycles. The Hall–Kier alpha value is -1.35. The molecule has 0 fully saturated rings. The van der Waals surface area contributed by atoms with Crippen LogP contribution in [-0.4, -0.2) is 6.08 Å². The second-order valence-electron chi connectivity index (χ2n) is 3.10. The van der Waals surface area contributed by atoms with Gasteiger partial charge in [0.1, 0.15) is 5.69 Å². The van der Waals surface area contributed by atoms with Gasteiger partial charge in [-0.1, -0.05) is 30.3 Å². The molecule has 1 heterocycles. The van der Waals surface area contributed by atoms with E-state index in [1.54, 1.807) is 29.2 Å². The first-order chi connectivity index (χ1) is 7.90. The van der Waals surface area contributed by atoms with Crippen LogP contribution >= 0.6 is 23.1 Å². The lowest BCUT2D eigenvalue weighted by molar-refractivity contribution is 0.565. The van der Waals surface area contributed by atoms with Gasteiger partial charge in [-0.2, -0.15) is 4.99 Å². The summed E-state index contributed by atoms with van der Waals surface area (Å²) in [5, 5.41) is 3.86. The molecular formula is C12H9NOS2. The van der Waals surface area contributed by atoms with Crippen LogP contribution in [0.2, 0.25) is 0 Å². The lowest BCUT2D eigenvalue weighted by Crippen LogP contribution is -1.77. The van der Waals surface area contributed by atoms with E-state index in [2.05, 4.69) is 17.1 Å². The minimum absolute atomic E-state index is 0.723. The molecule has 16 heavy (non-hydrogen) atoms. The Morgan fingerprint density at radius 2 is 2.06 bits per heavy atom. The molecule has 0 amide bonds. The predicted molar refractivity (Wildman–Crippen MR) is 68.1 cm³/mol. The van der Waals surface area contributed by atoms with Crippen LogP contribution in [0.1, 0.15) is 5.56 Å². The van der Waals surface area contributed by atoms with Crippen molar-refractivity contribution < 1.29 is 4.79 Å². The molecule has 1 aromatic carbocycles. The minimum atomic E-state index is 0.723. The predicted octanol–water partition coefficient (Wildman–Crippen LogP) is 4.01. The Morgan fingerprint density at radius 1 is 1.25 bits per heavy atom. The third-order valence-corrected chi connectivity index (χ3v) is 4.01. The summed E-state index contributed by atoms with van der Waals surface area (Å²) in [6.07, 6.45) is 1.58. The van der Waals surface area contributed by atoms with Gasteiger partial charge in [-0.15, -0.1) is 23.1 Å². The third kappa shape index (κ3) is 2.83. The van der Waals surface area contributed by atoms with Gasteiger partial charge in [-0.25, -0.2) is 4.79 Å². The Kier molecular flexibility index (Phi) is 3.94. The van der Waals surface area contributed by atoms with Crippen molar-refractivity contribution in [2.45, 2.75) is 10.6 Å². The van der Waals surface area contributed by atoms with Crippen molar-refractivity contribution in [3.8, 4) is 0 Å². The fraction of sp³-hybridized carbons (Fsp3) is 0.0833. The summed E-state index contributed by atoms with van der Waals surface area (Å²) >= 11 is 3.23. The van der Waals surface area contributed by atoms with Gasteiger partial charge >= 0.3 is 0 Å². The number of aliphatic imine (C=N–C) groups is 1. The fourth-order valence-corrected chi connectivity index (χ4v) is 3.15. The van der Waals surface area contributed by atoms with E-state index in [4.69, 9.17) is 0 Å². The van der Waals surface area contributed by atoms with E-state index >= 15 is 0 Å². The number of hydrogen-bond acceptors (Lipinski definition) is 4. The van der Waals surface area contributed by atoms with E-state index in [1.807, 2.05) is 29.0 Å². The summed E-state index contributed by atoms with van der Waals surface area (Å²) in [4.78, 5) is 14.9. The first-order valence-corrected chi connectivity index (χ1v) is 6.64. The maximum Gasteiger partial charge on any atom is 0.240 e. The number of carbonyl (C=O) groups excluding carboxylic acids is 1. The Bertz CT molecular complexity index is 501. The lowest BCUT2D eigenvalue weighted by Gasteiger charge is -1.99. The van der Waals surface area contributed by atoms with Crippen LogP contribution < -0.4 is 0 Å². The number of thioether (sulfide) groups is 1. The summed E-state index contributed by atoms with van der Waals surface area (Å²) in [5.74, 6) is 0.888. The molecule has 4 heteroatoms. The van der Waals surface area contributed by atoms with E-state index in [0.717, 1.165) is 16.3 Å². The average molecular weight is 247 g/mol. The molecule has 0 aliphatic heterocycles. The van der Waals surface area contributed by atoms with Gasteiger partial charge in [-0.3, -0.25) is 0 Å². The SMILES string of the molecule is O=C=Nc1cscc1SCc1ccccc1. The average Bonchev–Trinajstić information content (AvgIpc) is 2.76. The van der Waals surface area contributed by atoms with Crippen molar-refractivity contribution in [3.63, 3.8) is 0 Å². The van der Waals surface area contributed by atoms with Crippen molar-refractivity contribution in [2.75, 3.05) is 0 Å². The molecule has 0 atom stereocenters. The zero-order chi connectivity index (χ0) is 11.2. The van der Waals surface area contributed by atoms with Crippen LogP contribution in [-0.2, 0) is 10.5 Å². The molecule has 0 saturated carbocycles. The molecule has 2 rings (SSSR count). The van der Waals surface area contributed by atoms with Crippen molar-refractivity contribution in [1.29, 1.82) is 0 Å². The molecule has 0 aliphatic rings. The first-order valence-electron chi connectivity index (χ1n) is 4.71. The van der Waals surface area contributed by atoms with Gasteiger partial charge in [-0.05, 0) is 5.56 Å². The van der Waals surface area contributed by atoms with Crippen molar-refractivity contribution in [2.24, 2.45) is 4.99 Å². The van der Waals surface area contributed by atoms with E-state index < -0.39 is 0 Å². The number of rotatable bonds is 4. The molecule has 0 N–H and O–H groups in total.